The summed E-state index contributed by atoms with van der Waals surface area (Å²) in [5.41, 5.74) is 5.36. The fourth-order valence-electron chi connectivity index (χ4n) is 1.44. The van der Waals surface area contributed by atoms with Crippen LogP contribution in [0.1, 0.15) is 29.8 Å². The normalized spacial score (nSPS) is 11.9. The van der Waals surface area contributed by atoms with Gasteiger partial charge in [-0.1, -0.05) is 0 Å². The number of carbonyl (C=O) groups excluding carboxylic acids is 1. The van der Waals surface area contributed by atoms with Gasteiger partial charge in [0.1, 0.15) is 5.82 Å². The number of rotatable bonds is 5. The molecule has 0 radical (unpaired) electrons. The van der Waals surface area contributed by atoms with Crippen molar-refractivity contribution in [3.8, 4) is 0 Å². The average Bonchev–Trinajstić information content (AvgIpc) is 2.31. The lowest BCUT2D eigenvalue weighted by Gasteiger charge is -2.34. The summed E-state index contributed by atoms with van der Waals surface area (Å²) in [6.07, 6.45) is 0. The third-order valence-electron chi connectivity index (χ3n) is 3.16. The van der Waals surface area contributed by atoms with Gasteiger partial charge in [0, 0.05) is 23.2 Å². The summed E-state index contributed by atoms with van der Waals surface area (Å²) < 4.78 is 13.6. The molecule has 0 unspecified atom stereocenters. The highest BCUT2D eigenvalue weighted by molar-refractivity contribution is 5.92. The summed E-state index contributed by atoms with van der Waals surface area (Å²) in [7, 11) is 1.78. The maximum Gasteiger partial charge on any atom is 0.248 e. The standard InChI is InChI=1S/C13H19FN2O2/c1-13(2,8-17)16(3)7-10-6-9(12(15)18)4-5-11(10)14/h4-6,17H,7-8H2,1-3H3,(H2,15,18). The molecule has 0 bridgehead atoms. The summed E-state index contributed by atoms with van der Waals surface area (Å²) in [6.45, 7) is 3.95. The molecule has 0 aromatic heterocycles. The molecule has 0 fully saturated rings. The van der Waals surface area contributed by atoms with Crippen molar-refractivity contribution < 1.29 is 14.3 Å². The number of likely N-dealkylation sites (N-methyl/N-ethyl adjacent to an activating group) is 1. The van der Waals surface area contributed by atoms with E-state index < -0.39 is 11.4 Å². The Bertz CT molecular complexity index is 447. The highest BCUT2D eigenvalue weighted by Gasteiger charge is 2.23. The molecule has 0 atom stereocenters. The second kappa shape index (κ2) is 5.46. The molecular formula is C13H19FN2O2. The minimum Gasteiger partial charge on any atom is -0.394 e. The fourth-order valence-corrected chi connectivity index (χ4v) is 1.44. The first kappa shape index (κ1) is 14.6. The molecule has 1 rings (SSSR count). The summed E-state index contributed by atoms with van der Waals surface area (Å²) in [5.74, 6) is -0.971. The van der Waals surface area contributed by atoms with Crippen LogP contribution >= 0.6 is 0 Å². The van der Waals surface area contributed by atoms with E-state index in [-0.39, 0.29) is 18.0 Å². The molecule has 1 aromatic rings. The number of nitrogens with zero attached hydrogens (tertiary/aromatic N) is 1. The number of benzene rings is 1. The van der Waals surface area contributed by atoms with Crippen molar-refractivity contribution >= 4 is 5.91 Å². The van der Waals surface area contributed by atoms with Gasteiger partial charge in [-0.3, -0.25) is 9.69 Å². The smallest absolute Gasteiger partial charge is 0.248 e. The third kappa shape index (κ3) is 3.27. The fraction of sp³-hybridized carbons (Fsp3) is 0.462. The number of halogens is 1. The van der Waals surface area contributed by atoms with Crippen LogP contribution in [0, 0.1) is 5.82 Å². The number of aliphatic hydroxyl groups is 1. The predicted octanol–water partition coefficient (Wildman–Crippen LogP) is 1.13. The highest BCUT2D eigenvalue weighted by Crippen LogP contribution is 2.18. The minimum atomic E-state index is -0.583. The van der Waals surface area contributed by atoms with E-state index in [2.05, 4.69) is 0 Å². The van der Waals surface area contributed by atoms with Gasteiger partial charge in [-0.25, -0.2) is 4.39 Å². The second-order valence-electron chi connectivity index (χ2n) is 5.00. The lowest BCUT2D eigenvalue weighted by molar-refractivity contribution is 0.0725. The number of carbonyl (C=O) groups is 1. The van der Waals surface area contributed by atoms with Crippen LogP contribution in [0.3, 0.4) is 0 Å². The van der Waals surface area contributed by atoms with Crippen LogP contribution in [-0.2, 0) is 6.54 Å². The first-order valence-corrected chi connectivity index (χ1v) is 5.68. The molecule has 1 aromatic carbocycles. The van der Waals surface area contributed by atoms with Crippen LogP contribution in [0.4, 0.5) is 4.39 Å². The SMILES string of the molecule is CN(Cc1cc(C(N)=O)ccc1F)C(C)(C)CO. The number of hydrogen-bond acceptors (Lipinski definition) is 3. The molecule has 0 saturated heterocycles. The lowest BCUT2D eigenvalue weighted by Crippen LogP contribution is -2.43. The van der Waals surface area contributed by atoms with E-state index in [1.807, 2.05) is 18.7 Å². The summed E-state index contributed by atoms with van der Waals surface area (Å²) in [4.78, 5) is 12.9. The van der Waals surface area contributed by atoms with Gasteiger partial charge in [0.2, 0.25) is 5.91 Å². The van der Waals surface area contributed by atoms with Crippen molar-refractivity contribution in [1.82, 2.24) is 4.90 Å². The Morgan fingerprint density at radius 1 is 1.50 bits per heavy atom. The highest BCUT2D eigenvalue weighted by atomic mass is 19.1. The van der Waals surface area contributed by atoms with Gasteiger partial charge in [0.05, 0.1) is 6.61 Å². The molecular weight excluding hydrogens is 235 g/mol. The molecule has 0 aliphatic heterocycles. The molecule has 3 N–H and O–H groups in total. The zero-order chi connectivity index (χ0) is 13.9. The first-order chi connectivity index (χ1) is 8.27. The molecule has 0 aliphatic carbocycles. The quantitative estimate of drug-likeness (QED) is 0.827. The van der Waals surface area contributed by atoms with Gasteiger partial charge in [0.15, 0.2) is 0 Å². The second-order valence-corrected chi connectivity index (χ2v) is 5.00. The van der Waals surface area contributed by atoms with E-state index in [1.165, 1.54) is 18.2 Å². The van der Waals surface area contributed by atoms with E-state index in [4.69, 9.17) is 5.73 Å². The molecule has 4 nitrogen and oxygen atoms in total. The summed E-state index contributed by atoms with van der Waals surface area (Å²) >= 11 is 0. The Kier molecular flexibility index (Phi) is 4.43. The van der Waals surface area contributed by atoms with Gasteiger partial charge in [-0.15, -0.1) is 0 Å². The average molecular weight is 254 g/mol. The van der Waals surface area contributed by atoms with Crippen LogP contribution in [0.15, 0.2) is 18.2 Å². The monoisotopic (exact) mass is 254 g/mol. The van der Waals surface area contributed by atoms with Crippen LogP contribution in [0.5, 0.6) is 0 Å². The van der Waals surface area contributed by atoms with E-state index >= 15 is 0 Å². The zero-order valence-electron chi connectivity index (χ0n) is 10.9. The maximum absolute atomic E-state index is 13.6. The van der Waals surface area contributed by atoms with Gasteiger partial charge in [0.25, 0.3) is 0 Å². The maximum atomic E-state index is 13.6. The molecule has 1 amide bonds. The van der Waals surface area contributed by atoms with E-state index in [0.717, 1.165) is 0 Å². The van der Waals surface area contributed by atoms with Crippen LogP contribution in [-0.4, -0.2) is 35.1 Å². The van der Waals surface area contributed by atoms with Gasteiger partial charge < -0.3 is 10.8 Å². The van der Waals surface area contributed by atoms with Crippen molar-refractivity contribution in [2.45, 2.75) is 25.9 Å². The molecule has 0 aliphatic rings. The van der Waals surface area contributed by atoms with E-state index in [9.17, 15) is 14.3 Å². The summed E-state index contributed by atoms with van der Waals surface area (Å²) in [5, 5.41) is 9.25. The van der Waals surface area contributed by atoms with Gasteiger partial charge in [-0.05, 0) is 39.1 Å². The number of nitrogens with two attached hydrogens (primary N) is 1. The number of primary amides is 1. The van der Waals surface area contributed by atoms with Crippen LogP contribution < -0.4 is 5.73 Å². The Morgan fingerprint density at radius 2 is 2.11 bits per heavy atom. The predicted molar refractivity (Wildman–Crippen MR) is 67.5 cm³/mol. The Balaban J connectivity index is 2.97. The van der Waals surface area contributed by atoms with Crippen molar-refractivity contribution in [1.29, 1.82) is 0 Å². The number of amides is 1. The van der Waals surface area contributed by atoms with Crippen LogP contribution in [0.25, 0.3) is 0 Å². The molecule has 5 heteroatoms. The largest absolute Gasteiger partial charge is 0.394 e. The first-order valence-electron chi connectivity index (χ1n) is 5.68. The van der Waals surface area contributed by atoms with E-state index in [0.29, 0.717) is 12.1 Å². The lowest BCUT2D eigenvalue weighted by atomic mass is 10.0. The van der Waals surface area contributed by atoms with Gasteiger partial charge >= 0.3 is 0 Å². The number of aliphatic hydroxyl groups excluding tert-OH is 1. The van der Waals surface area contributed by atoms with Gasteiger partial charge in [-0.2, -0.15) is 0 Å². The minimum absolute atomic E-state index is 0.0410. The topological polar surface area (TPSA) is 66.6 Å². The van der Waals surface area contributed by atoms with E-state index in [1.54, 1.807) is 7.05 Å². The van der Waals surface area contributed by atoms with Crippen molar-refractivity contribution in [2.24, 2.45) is 5.73 Å². The summed E-state index contributed by atoms with van der Waals surface area (Å²) in [6, 6.07) is 4.04. The van der Waals surface area contributed by atoms with Crippen molar-refractivity contribution in [3.05, 3.63) is 35.1 Å². The Labute approximate surface area is 106 Å². The van der Waals surface area contributed by atoms with Crippen LogP contribution in [0.2, 0.25) is 0 Å². The molecule has 0 heterocycles. The zero-order valence-corrected chi connectivity index (χ0v) is 10.9. The third-order valence-corrected chi connectivity index (χ3v) is 3.16. The Hall–Kier alpha value is -1.46. The molecule has 0 spiro atoms. The molecule has 18 heavy (non-hydrogen) atoms. The molecule has 100 valence electrons. The van der Waals surface area contributed by atoms with Crippen molar-refractivity contribution in [2.75, 3.05) is 13.7 Å². The number of hydrogen-bond donors (Lipinski definition) is 2. The molecule has 0 saturated carbocycles. The Morgan fingerprint density at radius 3 is 2.61 bits per heavy atom. The van der Waals surface area contributed by atoms with Crippen molar-refractivity contribution in [3.63, 3.8) is 0 Å².